The van der Waals surface area contributed by atoms with Crippen LogP contribution in [0, 0.1) is 5.82 Å². The van der Waals surface area contributed by atoms with Gasteiger partial charge in [-0.05, 0) is 25.0 Å². The summed E-state index contributed by atoms with van der Waals surface area (Å²) in [7, 11) is 0. The highest BCUT2D eigenvalue weighted by atomic mass is 19.1. The van der Waals surface area contributed by atoms with E-state index in [0.29, 0.717) is 18.6 Å². The summed E-state index contributed by atoms with van der Waals surface area (Å²) in [4.78, 5) is 11.2. The smallest absolute Gasteiger partial charge is 0.314 e. The van der Waals surface area contributed by atoms with E-state index < -0.39 is 17.2 Å². The van der Waals surface area contributed by atoms with Crippen LogP contribution in [-0.2, 0) is 10.2 Å². The molecule has 1 aromatic rings. The first-order valence-electron chi connectivity index (χ1n) is 4.97. The van der Waals surface area contributed by atoms with Crippen LogP contribution in [0.5, 0.6) is 11.5 Å². The van der Waals surface area contributed by atoms with E-state index in [1.165, 1.54) is 12.1 Å². The lowest BCUT2D eigenvalue weighted by Gasteiger charge is -2.13. The van der Waals surface area contributed by atoms with Gasteiger partial charge in [-0.25, -0.2) is 4.39 Å². The van der Waals surface area contributed by atoms with E-state index >= 15 is 0 Å². The van der Waals surface area contributed by atoms with Gasteiger partial charge in [0, 0.05) is 0 Å². The Hall–Kier alpha value is -1.78. The third kappa shape index (κ3) is 1.05. The van der Waals surface area contributed by atoms with Crippen molar-refractivity contribution in [2.45, 2.75) is 18.3 Å². The fraction of sp³-hybridized carbons (Fsp3) is 0.364. The molecule has 1 aromatic carbocycles. The topological polar surface area (TPSA) is 55.8 Å². The third-order valence-corrected chi connectivity index (χ3v) is 3.13. The minimum Gasteiger partial charge on any atom is -0.481 e. The van der Waals surface area contributed by atoms with Gasteiger partial charge < -0.3 is 14.6 Å². The highest BCUT2D eigenvalue weighted by molar-refractivity contribution is 5.86. The molecule has 1 aliphatic carbocycles. The third-order valence-electron chi connectivity index (χ3n) is 3.13. The summed E-state index contributed by atoms with van der Waals surface area (Å²) in [6, 6.07) is 2.69. The van der Waals surface area contributed by atoms with E-state index in [9.17, 15) is 9.18 Å². The van der Waals surface area contributed by atoms with Gasteiger partial charge in [-0.1, -0.05) is 0 Å². The van der Waals surface area contributed by atoms with Gasteiger partial charge in [-0.3, -0.25) is 4.79 Å². The van der Waals surface area contributed by atoms with Crippen LogP contribution < -0.4 is 9.47 Å². The van der Waals surface area contributed by atoms with E-state index in [1.54, 1.807) is 0 Å². The van der Waals surface area contributed by atoms with Crippen molar-refractivity contribution in [1.29, 1.82) is 0 Å². The molecule has 1 saturated carbocycles. The lowest BCUT2D eigenvalue weighted by atomic mass is 9.94. The average molecular weight is 224 g/mol. The molecule has 0 amide bonds. The number of carbonyl (C=O) groups is 1. The molecule has 0 bridgehead atoms. The maximum Gasteiger partial charge on any atom is 0.314 e. The van der Waals surface area contributed by atoms with Gasteiger partial charge in [0.2, 0.25) is 6.79 Å². The predicted octanol–water partition coefficient (Wildman–Crippen LogP) is 1.67. The van der Waals surface area contributed by atoms with Crippen LogP contribution in [0.2, 0.25) is 0 Å². The molecule has 1 heterocycles. The van der Waals surface area contributed by atoms with Crippen LogP contribution in [0.3, 0.4) is 0 Å². The zero-order valence-electron chi connectivity index (χ0n) is 8.33. The van der Waals surface area contributed by atoms with E-state index in [1.807, 2.05) is 0 Å². The average Bonchev–Trinajstić information content (AvgIpc) is 2.90. The van der Waals surface area contributed by atoms with Crippen LogP contribution in [0.25, 0.3) is 0 Å². The molecule has 84 valence electrons. The van der Waals surface area contributed by atoms with Crippen LogP contribution in [0.15, 0.2) is 12.1 Å². The quantitative estimate of drug-likeness (QED) is 0.830. The number of benzene rings is 1. The van der Waals surface area contributed by atoms with Crippen LogP contribution in [-0.4, -0.2) is 17.9 Å². The first-order valence-corrected chi connectivity index (χ1v) is 4.97. The number of carboxylic acids is 1. The van der Waals surface area contributed by atoms with Gasteiger partial charge in [0.25, 0.3) is 0 Å². The lowest BCUT2D eigenvalue weighted by molar-refractivity contribution is -0.140. The summed E-state index contributed by atoms with van der Waals surface area (Å²) >= 11 is 0. The zero-order chi connectivity index (χ0) is 11.3. The van der Waals surface area contributed by atoms with Crippen LogP contribution >= 0.6 is 0 Å². The van der Waals surface area contributed by atoms with Gasteiger partial charge in [-0.2, -0.15) is 0 Å². The summed E-state index contributed by atoms with van der Waals surface area (Å²) in [6.45, 7) is 0.0154. The number of halogens is 1. The van der Waals surface area contributed by atoms with Gasteiger partial charge in [0.05, 0.1) is 11.0 Å². The molecule has 0 radical (unpaired) electrons. The van der Waals surface area contributed by atoms with E-state index in [0.717, 1.165) is 0 Å². The number of aliphatic carboxylic acids is 1. The van der Waals surface area contributed by atoms with Crippen molar-refractivity contribution < 1.29 is 23.8 Å². The number of hydrogen-bond acceptors (Lipinski definition) is 3. The molecule has 0 spiro atoms. The number of rotatable bonds is 2. The Morgan fingerprint density at radius 3 is 2.75 bits per heavy atom. The number of fused-ring (bicyclic) bond motifs is 1. The monoisotopic (exact) mass is 224 g/mol. The summed E-state index contributed by atoms with van der Waals surface area (Å²) in [6.07, 6.45) is 0.887. The largest absolute Gasteiger partial charge is 0.481 e. The molecule has 2 aliphatic rings. The Kier molecular flexibility index (Phi) is 1.70. The van der Waals surface area contributed by atoms with Crippen molar-refractivity contribution in [3.63, 3.8) is 0 Å². The molecule has 5 heteroatoms. The lowest BCUT2D eigenvalue weighted by Crippen LogP contribution is -2.21. The minimum atomic E-state index is -1.11. The van der Waals surface area contributed by atoms with Gasteiger partial charge in [-0.15, -0.1) is 0 Å². The summed E-state index contributed by atoms with van der Waals surface area (Å²) < 4.78 is 24.0. The van der Waals surface area contributed by atoms with E-state index in [-0.39, 0.29) is 18.1 Å². The Balaban J connectivity index is 2.21. The van der Waals surface area contributed by atoms with Crippen molar-refractivity contribution in [2.75, 3.05) is 6.79 Å². The van der Waals surface area contributed by atoms with Crippen molar-refractivity contribution in [2.24, 2.45) is 0 Å². The van der Waals surface area contributed by atoms with Gasteiger partial charge >= 0.3 is 5.97 Å². The molecule has 0 unspecified atom stereocenters. The minimum absolute atomic E-state index is 0.0154. The fourth-order valence-corrected chi connectivity index (χ4v) is 2.09. The number of ether oxygens (including phenoxy) is 2. The SMILES string of the molecule is O=C(O)C1(c2c(F)ccc3c2OCO3)CC1. The van der Waals surface area contributed by atoms with Crippen LogP contribution in [0.1, 0.15) is 18.4 Å². The summed E-state index contributed by atoms with van der Waals surface area (Å²) in [5.41, 5.74) is -0.974. The summed E-state index contributed by atoms with van der Waals surface area (Å²) in [5, 5.41) is 9.15. The Morgan fingerprint density at radius 1 is 1.38 bits per heavy atom. The van der Waals surface area contributed by atoms with Gasteiger partial charge in [0.1, 0.15) is 5.82 Å². The second-order valence-corrected chi connectivity index (χ2v) is 4.04. The molecular weight excluding hydrogens is 215 g/mol. The number of hydrogen-bond donors (Lipinski definition) is 1. The van der Waals surface area contributed by atoms with Crippen molar-refractivity contribution in [3.05, 3.63) is 23.5 Å². The normalized spacial score (nSPS) is 19.6. The molecule has 1 aliphatic heterocycles. The highest BCUT2D eigenvalue weighted by Gasteiger charge is 2.56. The molecule has 16 heavy (non-hydrogen) atoms. The molecule has 3 rings (SSSR count). The molecular formula is C11H9FO4. The maximum absolute atomic E-state index is 13.7. The van der Waals surface area contributed by atoms with Gasteiger partial charge in [0.15, 0.2) is 11.5 Å². The van der Waals surface area contributed by atoms with E-state index in [4.69, 9.17) is 14.6 Å². The second kappa shape index (κ2) is 2.87. The van der Waals surface area contributed by atoms with Crippen molar-refractivity contribution >= 4 is 5.97 Å². The standard InChI is InChI=1S/C11H9FO4/c12-6-1-2-7-9(16-5-15-7)8(6)11(3-4-11)10(13)14/h1-2H,3-5H2,(H,13,14). The van der Waals surface area contributed by atoms with Crippen molar-refractivity contribution in [3.8, 4) is 11.5 Å². The predicted molar refractivity (Wildman–Crippen MR) is 51.1 cm³/mol. The molecule has 4 nitrogen and oxygen atoms in total. The Labute approximate surface area is 90.6 Å². The Morgan fingerprint density at radius 2 is 2.12 bits per heavy atom. The van der Waals surface area contributed by atoms with E-state index in [2.05, 4.69) is 0 Å². The highest BCUT2D eigenvalue weighted by Crippen LogP contribution is 2.55. The Bertz CT molecular complexity index is 479. The molecule has 0 aromatic heterocycles. The first kappa shape index (κ1) is 9.45. The van der Waals surface area contributed by atoms with Crippen molar-refractivity contribution in [1.82, 2.24) is 0 Å². The summed E-state index contributed by atoms with van der Waals surface area (Å²) in [5.74, 6) is -0.872. The molecule has 0 saturated heterocycles. The fourth-order valence-electron chi connectivity index (χ4n) is 2.09. The molecule has 1 N–H and O–H groups in total. The second-order valence-electron chi connectivity index (χ2n) is 4.04. The zero-order valence-corrected chi connectivity index (χ0v) is 8.33. The molecule has 1 fully saturated rings. The number of carboxylic acid groups (broad SMARTS) is 1. The first-order chi connectivity index (χ1) is 7.65. The maximum atomic E-state index is 13.7. The van der Waals surface area contributed by atoms with Crippen LogP contribution in [0.4, 0.5) is 4.39 Å². The molecule has 0 atom stereocenters.